The van der Waals surface area contributed by atoms with Gasteiger partial charge >= 0.3 is 0 Å². The average Bonchev–Trinajstić information content (AvgIpc) is 3.21. The second-order valence-electron chi connectivity index (χ2n) is 6.03. The molecule has 0 spiro atoms. The first kappa shape index (κ1) is 16.1. The fourth-order valence-corrected chi connectivity index (χ4v) is 3.01. The average molecular weight is 316 g/mol. The minimum Gasteiger partial charge on any atom is -0.392 e. The lowest BCUT2D eigenvalue weighted by molar-refractivity contribution is 0.173. The fourth-order valence-electron chi connectivity index (χ4n) is 3.01. The van der Waals surface area contributed by atoms with E-state index in [-0.39, 0.29) is 12.1 Å². The lowest BCUT2D eigenvalue weighted by atomic mass is 10.0. The van der Waals surface area contributed by atoms with Gasteiger partial charge in [-0.25, -0.2) is 0 Å². The van der Waals surface area contributed by atoms with Crippen molar-refractivity contribution in [2.75, 3.05) is 26.7 Å². The van der Waals surface area contributed by atoms with Gasteiger partial charge in [-0.15, -0.1) is 0 Å². The summed E-state index contributed by atoms with van der Waals surface area (Å²) >= 11 is 0. The zero-order chi connectivity index (χ0) is 16.2. The Morgan fingerprint density at radius 1 is 1.48 bits per heavy atom. The molecule has 0 radical (unpaired) electrons. The van der Waals surface area contributed by atoms with Gasteiger partial charge in [0.1, 0.15) is 0 Å². The predicted molar refractivity (Wildman–Crippen MR) is 88.0 cm³/mol. The Labute approximate surface area is 136 Å². The molecule has 2 atom stereocenters. The van der Waals surface area contributed by atoms with Gasteiger partial charge in [-0.3, -0.25) is 4.90 Å². The van der Waals surface area contributed by atoms with Crippen molar-refractivity contribution in [2.45, 2.75) is 31.9 Å². The third-order valence-corrected chi connectivity index (χ3v) is 4.35. The summed E-state index contributed by atoms with van der Waals surface area (Å²) in [6.45, 7) is 4.57. The standard InChI is InChI=1S/C17H24N4O2/c1-3-16-19-17(20-23-16)13-6-4-5-12(9-13)15(18-2)11-21-8-7-14(22)10-21/h4-6,9,14-15,18,22H,3,7-8,10-11H2,1-2H3/t14-,15-/m0/s1. The maximum Gasteiger partial charge on any atom is 0.226 e. The Balaban J connectivity index is 1.76. The number of β-amino-alcohol motifs (C(OH)–C–C–N with tert-alkyl or cyclic N) is 1. The van der Waals surface area contributed by atoms with Crippen molar-refractivity contribution < 1.29 is 9.63 Å². The molecule has 0 amide bonds. The SMILES string of the molecule is CCc1nc(-c2cccc([C@H](CN3CC[C@H](O)C3)NC)c2)no1. The second-order valence-corrected chi connectivity index (χ2v) is 6.03. The smallest absolute Gasteiger partial charge is 0.226 e. The molecule has 6 heteroatoms. The van der Waals surface area contributed by atoms with Crippen LogP contribution in [-0.2, 0) is 6.42 Å². The lowest BCUT2D eigenvalue weighted by Gasteiger charge is -2.23. The highest BCUT2D eigenvalue weighted by Gasteiger charge is 2.23. The van der Waals surface area contributed by atoms with Crippen LogP contribution in [-0.4, -0.2) is 52.9 Å². The van der Waals surface area contributed by atoms with Crippen molar-refractivity contribution in [1.29, 1.82) is 0 Å². The van der Waals surface area contributed by atoms with Gasteiger partial charge in [0, 0.05) is 37.7 Å². The third kappa shape index (κ3) is 3.77. The van der Waals surface area contributed by atoms with Crippen LogP contribution in [0, 0.1) is 0 Å². The molecule has 2 N–H and O–H groups in total. The van der Waals surface area contributed by atoms with E-state index in [1.807, 2.05) is 26.1 Å². The van der Waals surface area contributed by atoms with Crippen LogP contribution in [0.25, 0.3) is 11.4 Å². The number of aliphatic hydroxyl groups is 1. The molecule has 6 nitrogen and oxygen atoms in total. The summed E-state index contributed by atoms with van der Waals surface area (Å²) < 4.78 is 5.20. The zero-order valence-corrected chi connectivity index (χ0v) is 13.7. The summed E-state index contributed by atoms with van der Waals surface area (Å²) in [4.78, 5) is 6.69. The topological polar surface area (TPSA) is 74.4 Å². The Morgan fingerprint density at radius 3 is 3.00 bits per heavy atom. The van der Waals surface area contributed by atoms with Crippen molar-refractivity contribution in [3.63, 3.8) is 0 Å². The van der Waals surface area contributed by atoms with Gasteiger partial charge in [0.05, 0.1) is 6.10 Å². The molecule has 1 aliphatic rings. The molecule has 0 saturated carbocycles. The largest absolute Gasteiger partial charge is 0.392 e. The van der Waals surface area contributed by atoms with Crippen LogP contribution in [0.15, 0.2) is 28.8 Å². The van der Waals surface area contributed by atoms with Crippen LogP contribution in [0.2, 0.25) is 0 Å². The summed E-state index contributed by atoms with van der Waals surface area (Å²) in [6.07, 6.45) is 1.41. The highest BCUT2D eigenvalue weighted by atomic mass is 16.5. The van der Waals surface area contributed by atoms with E-state index in [0.29, 0.717) is 11.7 Å². The van der Waals surface area contributed by atoms with E-state index in [1.54, 1.807) is 0 Å². The van der Waals surface area contributed by atoms with Crippen molar-refractivity contribution >= 4 is 0 Å². The summed E-state index contributed by atoms with van der Waals surface area (Å²) in [7, 11) is 1.97. The number of aliphatic hydroxyl groups excluding tert-OH is 1. The van der Waals surface area contributed by atoms with Crippen molar-refractivity contribution in [3.8, 4) is 11.4 Å². The fraction of sp³-hybridized carbons (Fsp3) is 0.529. The van der Waals surface area contributed by atoms with Gasteiger partial charge in [0.15, 0.2) is 0 Å². The number of rotatable bonds is 6. The van der Waals surface area contributed by atoms with E-state index in [9.17, 15) is 5.11 Å². The van der Waals surface area contributed by atoms with Gasteiger partial charge in [0.2, 0.25) is 11.7 Å². The quantitative estimate of drug-likeness (QED) is 0.844. The summed E-state index contributed by atoms with van der Waals surface area (Å²) in [5.74, 6) is 1.29. The van der Waals surface area contributed by atoms with Crippen molar-refractivity contribution in [2.24, 2.45) is 0 Å². The molecule has 3 rings (SSSR count). The summed E-state index contributed by atoms with van der Waals surface area (Å²) in [6, 6.07) is 8.45. The first-order chi connectivity index (χ1) is 11.2. The van der Waals surface area contributed by atoms with Crippen molar-refractivity contribution in [1.82, 2.24) is 20.4 Å². The Hall–Kier alpha value is -1.76. The number of nitrogens with zero attached hydrogens (tertiary/aromatic N) is 3. The zero-order valence-electron chi connectivity index (χ0n) is 13.7. The highest BCUT2D eigenvalue weighted by molar-refractivity contribution is 5.55. The van der Waals surface area contributed by atoms with Crippen LogP contribution in [0.3, 0.4) is 0 Å². The van der Waals surface area contributed by atoms with E-state index in [0.717, 1.165) is 38.0 Å². The van der Waals surface area contributed by atoms with E-state index in [1.165, 1.54) is 5.56 Å². The number of hydrogen-bond donors (Lipinski definition) is 2. The Bertz CT molecular complexity index is 643. The molecule has 1 aliphatic heterocycles. The molecule has 0 aliphatic carbocycles. The Morgan fingerprint density at radius 2 is 2.35 bits per heavy atom. The first-order valence-corrected chi connectivity index (χ1v) is 8.20. The van der Waals surface area contributed by atoms with Gasteiger partial charge < -0.3 is 14.9 Å². The maximum absolute atomic E-state index is 9.69. The third-order valence-electron chi connectivity index (χ3n) is 4.35. The minimum absolute atomic E-state index is 0.189. The van der Waals surface area contributed by atoms with Crippen LogP contribution >= 0.6 is 0 Å². The van der Waals surface area contributed by atoms with E-state index >= 15 is 0 Å². The Kier molecular flexibility index (Phi) is 5.05. The summed E-state index contributed by atoms with van der Waals surface area (Å²) in [5, 5.41) is 17.1. The first-order valence-electron chi connectivity index (χ1n) is 8.20. The van der Waals surface area contributed by atoms with Crippen molar-refractivity contribution in [3.05, 3.63) is 35.7 Å². The highest BCUT2D eigenvalue weighted by Crippen LogP contribution is 2.23. The van der Waals surface area contributed by atoms with Gasteiger partial charge in [-0.1, -0.05) is 30.3 Å². The number of hydrogen-bond acceptors (Lipinski definition) is 6. The number of likely N-dealkylation sites (N-methyl/N-ethyl adjacent to an activating group) is 1. The van der Waals surface area contributed by atoms with E-state index in [4.69, 9.17) is 4.52 Å². The molecule has 124 valence electrons. The molecule has 1 aromatic heterocycles. The molecule has 23 heavy (non-hydrogen) atoms. The molecule has 2 aromatic rings. The number of likely N-dealkylation sites (tertiary alicyclic amines) is 1. The molecular formula is C17H24N4O2. The van der Waals surface area contributed by atoms with Crippen LogP contribution in [0.4, 0.5) is 0 Å². The van der Waals surface area contributed by atoms with Crippen LogP contribution in [0.5, 0.6) is 0 Å². The lowest BCUT2D eigenvalue weighted by Crippen LogP contribution is -2.33. The molecule has 1 fully saturated rings. The summed E-state index contributed by atoms with van der Waals surface area (Å²) in [5.41, 5.74) is 2.15. The number of aryl methyl sites for hydroxylation is 1. The van der Waals surface area contributed by atoms with Crippen LogP contribution < -0.4 is 5.32 Å². The maximum atomic E-state index is 9.69. The minimum atomic E-state index is -0.189. The van der Waals surface area contributed by atoms with Gasteiger partial charge in [-0.05, 0) is 25.1 Å². The normalized spacial score (nSPS) is 20.0. The molecule has 1 aromatic carbocycles. The van der Waals surface area contributed by atoms with E-state index in [2.05, 4.69) is 32.5 Å². The molecule has 2 heterocycles. The van der Waals surface area contributed by atoms with Gasteiger partial charge in [-0.2, -0.15) is 4.98 Å². The number of nitrogens with one attached hydrogen (secondary N) is 1. The number of aromatic nitrogens is 2. The molecular weight excluding hydrogens is 292 g/mol. The van der Waals surface area contributed by atoms with Gasteiger partial charge in [0.25, 0.3) is 0 Å². The van der Waals surface area contributed by atoms with Crippen LogP contribution in [0.1, 0.15) is 30.8 Å². The predicted octanol–water partition coefficient (Wildman–Crippen LogP) is 1.63. The van der Waals surface area contributed by atoms with E-state index < -0.39 is 0 Å². The molecule has 0 bridgehead atoms. The molecule has 1 saturated heterocycles. The number of benzene rings is 1. The monoisotopic (exact) mass is 316 g/mol. The second kappa shape index (κ2) is 7.21. The molecule has 0 unspecified atom stereocenters.